The van der Waals surface area contributed by atoms with Gasteiger partial charge in [-0.1, -0.05) is 35.9 Å². The summed E-state index contributed by atoms with van der Waals surface area (Å²) in [4.78, 5) is 15.5. The number of aromatic amines is 1. The smallest absolute Gasteiger partial charge is 0.273 e. The van der Waals surface area contributed by atoms with E-state index in [9.17, 15) is 9.90 Å². The Labute approximate surface area is 219 Å². The molecule has 2 N–H and O–H groups in total. The maximum absolute atomic E-state index is 13.7. The second-order valence-corrected chi connectivity index (χ2v) is 9.08. The largest absolute Gasteiger partial charge is 0.502 e. The second-order valence-electron chi connectivity index (χ2n) is 8.64. The lowest BCUT2D eigenvalue weighted by molar-refractivity contribution is 0.0745. The number of halogens is 1. The first kappa shape index (κ1) is 24.5. The lowest BCUT2D eigenvalue weighted by Crippen LogP contribution is -2.31. The molecule has 37 heavy (non-hydrogen) atoms. The van der Waals surface area contributed by atoms with Gasteiger partial charge >= 0.3 is 0 Å². The Kier molecular flexibility index (Phi) is 6.67. The van der Waals surface area contributed by atoms with Crippen molar-refractivity contribution in [2.24, 2.45) is 0 Å². The first-order valence-electron chi connectivity index (χ1n) is 11.7. The Morgan fingerprint density at radius 2 is 1.62 bits per heavy atom. The van der Waals surface area contributed by atoms with E-state index in [0.717, 1.165) is 28.0 Å². The molecule has 3 aromatic carbocycles. The van der Waals surface area contributed by atoms with Crippen LogP contribution in [0.1, 0.15) is 33.2 Å². The number of nitrogens with zero attached hydrogens (tertiary/aromatic N) is 2. The zero-order valence-corrected chi connectivity index (χ0v) is 21.4. The Bertz CT molecular complexity index is 1410. The van der Waals surface area contributed by atoms with Crippen LogP contribution in [0.2, 0.25) is 5.02 Å². The molecule has 0 spiro atoms. The van der Waals surface area contributed by atoms with E-state index in [4.69, 9.17) is 25.8 Å². The van der Waals surface area contributed by atoms with E-state index in [-0.39, 0.29) is 23.2 Å². The summed E-state index contributed by atoms with van der Waals surface area (Å²) in [5.41, 5.74) is 4.45. The van der Waals surface area contributed by atoms with E-state index in [1.165, 1.54) is 14.2 Å². The number of methoxy groups -OCH3 is 3. The molecule has 1 aliphatic heterocycles. The lowest BCUT2D eigenvalue weighted by atomic mass is 9.95. The minimum Gasteiger partial charge on any atom is -0.502 e. The highest BCUT2D eigenvalue weighted by atomic mass is 35.5. The Morgan fingerprint density at radius 1 is 0.973 bits per heavy atom. The molecule has 9 heteroatoms. The molecule has 1 aliphatic rings. The van der Waals surface area contributed by atoms with Gasteiger partial charge in [-0.2, -0.15) is 5.10 Å². The van der Waals surface area contributed by atoms with Gasteiger partial charge in [-0.05, 0) is 53.9 Å². The average Bonchev–Trinajstić information content (AvgIpc) is 3.47. The van der Waals surface area contributed by atoms with E-state index in [0.29, 0.717) is 29.4 Å². The van der Waals surface area contributed by atoms with Gasteiger partial charge in [-0.25, -0.2) is 0 Å². The third-order valence-corrected chi connectivity index (χ3v) is 6.85. The summed E-state index contributed by atoms with van der Waals surface area (Å²) in [5.74, 6) is 1.01. The fraction of sp³-hybridized carbons (Fsp3) is 0.214. The van der Waals surface area contributed by atoms with E-state index >= 15 is 0 Å². The number of phenolic OH excluding ortho intramolecular Hbond substituents is 1. The number of rotatable bonds is 8. The van der Waals surface area contributed by atoms with Gasteiger partial charge in [-0.15, -0.1) is 0 Å². The van der Waals surface area contributed by atoms with Gasteiger partial charge in [0.25, 0.3) is 5.91 Å². The predicted molar refractivity (Wildman–Crippen MR) is 140 cm³/mol. The summed E-state index contributed by atoms with van der Waals surface area (Å²) in [6.07, 6.45) is 0.632. The van der Waals surface area contributed by atoms with Gasteiger partial charge in [0.2, 0.25) is 5.75 Å². The van der Waals surface area contributed by atoms with Crippen LogP contribution in [-0.2, 0) is 6.42 Å². The number of aromatic nitrogens is 2. The van der Waals surface area contributed by atoms with Gasteiger partial charge in [0.1, 0.15) is 11.4 Å². The van der Waals surface area contributed by atoms with Crippen molar-refractivity contribution in [3.8, 4) is 34.3 Å². The van der Waals surface area contributed by atoms with Gasteiger partial charge < -0.3 is 24.2 Å². The summed E-state index contributed by atoms with van der Waals surface area (Å²) < 4.78 is 16.1. The molecule has 2 heterocycles. The number of amides is 1. The van der Waals surface area contributed by atoms with Crippen molar-refractivity contribution in [3.63, 3.8) is 0 Å². The van der Waals surface area contributed by atoms with Crippen molar-refractivity contribution < 1.29 is 24.1 Å². The number of carbonyl (C=O) groups excluding carboxylic acids is 1. The number of nitrogens with one attached hydrogen (secondary N) is 1. The van der Waals surface area contributed by atoms with Crippen LogP contribution >= 0.6 is 11.6 Å². The summed E-state index contributed by atoms with van der Waals surface area (Å²) in [5, 5.41) is 18.6. The molecule has 1 amide bonds. The average molecular weight is 520 g/mol. The molecule has 0 aliphatic carbocycles. The predicted octanol–water partition coefficient (Wildman–Crippen LogP) is 5.25. The van der Waals surface area contributed by atoms with E-state index in [1.54, 1.807) is 36.3 Å². The first-order valence-corrected chi connectivity index (χ1v) is 12.1. The molecule has 1 unspecified atom stereocenters. The van der Waals surface area contributed by atoms with Crippen LogP contribution < -0.4 is 14.2 Å². The summed E-state index contributed by atoms with van der Waals surface area (Å²) in [6.45, 7) is 0.448. The summed E-state index contributed by atoms with van der Waals surface area (Å²) in [6, 6.07) is 18.1. The zero-order valence-electron chi connectivity index (χ0n) is 20.6. The van der Waals surface area contributed by atoms with Crippen molar-refractivity contribution in [2.45, 2.75) is 12.5 Å². The fourth-order valence-electron chi connectivity index (χ4n) is 4.72. The first-order chi connectivity index (χ1) is 17.9. The van der Waals surface area contributed by atoms with Crippen LogP contribution in [0.3, 0.4) is 0 Å². The molecule has 0 saturated heterocycles. The van der Waals surface area contributed by atoms with Crippen molar-refractivity contribution in [2.75, 3.05) is 27.9 Å². The van der Waals surface area contributed by atoms with Crippen LogP contribution in [0.5, 0.6) is 23.0 Å². The minimum absolute atomic E-state index is 0.104. The SMILES string of the molecule is COc1ccc(CCN2C(=O)c3[nH]nc(-c4ccc(Cl)cc4)c3C2c2cc(OC)c(O)c(OC)c2)cc1. The molecular weight excluding hydrogens is 494 g/mol. The van der Waals surface area contributed by atoms with Gasteiger partial charge in [0, 0.05) is 22.7 Å². The second kappa shape index (κ2) is 10.1. The lowest BCUT2D eigenvalue weighted by Gasteiger charge is -2.27. The van der Waals surface area contributed by atoms with Gasteiger partial charge in [0.05, 0.1) is 33.1 Å². The molecule has 4 aromatic rings. The molecule has 8 nitrogen and oxygen atoms in total. The molecule has 0 bridgehead atoms. The normalized spacial score (nSPS) is 14.5. The number of fused-ring (bicyclic) bond motifs is 1. The Hall–Kier alpha value is -4.17. The van der Waals surface area contributed by atoms with Crippen LogP contribution in [0.15, 0.2) is 60.7 Å². The zero-order chi connectivity index (χ0) is 26.1. The standard InChI is InChI=1S/C28H26ClN3O5/c1-35-20-10-4-16(5-11-20)12-13-32-26(18-14-21(36-2)27(33)22(15-18)37-3)23-24(30-31-25(23)28(32)34)17-6-8-19(29)9-7-17/h4-11,14-15,26,33H,12-13H2,1-3H3,(H,30,31). The molecule has 1 aromatic heterocycles. The highest BCUT2D eigenvalue weighted by Crippen LogP contribution is 2.47. The molecule has 0 fully saturated rings. The van der Waals surface area contributed by atoms with Gasteiger partial charge in [0.15, 0.2) is 11.5 Å². The fourth-order valence-corrected chi connectivity index (χ4v) is 4.84. The molecule has 5 rings (SSSR count). The monoisotopic (exact) mass is 519 g/mol. The van der Waals surface area contributed by atoms with Crippen LogP contribution in [0.25, 0.3) is 11.3 Å². The number of benzene rings is 3. The van der Waals surface area contributed by atoms with Crippen LogP contribution in [0.4, 0.5) is 0 Å². The Balaban J connectivity index is 1.60. The van der Waals surface area contributed by atoms with Crippen molar-refractivity contribution in [3.05, 3.63) is 88.1 Å². The minimum atomic E-state index is -0.492. The van der Waals surface area contributed by atoms with Crippen LogP contribution in [-0.4, -0.2) is 54.0 Å². The quantitative estimate of drug-likeness (QED) is 0.330. The molecule has 190 valence electrons. The van der Waals surface area contributed by atoms with Gasteiger partial charge in [-0.3, -0.25) is 9.89 Å². The van der Waals surface area contributed by atoms with E-state index in [1.807, 2.05) is 36.4 Å². The number of H-pyrrole nitrogens is 1. The number of phenols is 1. The van der Waals surface area contributed by atoms with Crippen molar-refractivity contribution in [1.82, 2.24) is 15.1 Å². The van der Waals surface area contributed by atoms with E-state index in [2.05, 4.69) is 10.2 Å². The molecule has 0 saturated carbocycles. The van der Waals surface area contributed by atoms with E-state index < -0.39 is 6.04 Å². The third-order valence-electron chi connectivity index (χ3n) is 6.60. The number of aromatic hydroxyl groups is 1. The number of hydrogen-bond acceptors (Lipinski definition) is 6. The summed E-state index contributed by atoms with van der Waals surface area (Å²) >= 11 is 6.11. The highest BCUT2D eigenvalue weighted by molar-refractivity contribution is 6.30. The topological polar surface area (TPSA) is 96.9 Å². The maximum Gasteiger partial charge on any atom is 0.273 e. The molecular formula is C28H26ClN3O5. The third kappa shape index (κ3) is 4.44. The highest BCUT2D eigenvalue weighted by Gasteiger charge is 2.42. The summed E-state index contributed by atoms with van der Waals surface area (Å²) in [7, 11) is 4.58. The number of hydrogen-bond donors (Lipinski definition) is 2. The van der Waals surface area contributed by atoms with Crippen molar-refractivity contribution >= 4 is 17.5 Å². The maximum atomic E-state index is 13.7. The number of ether oxygens (including phenoxy) is 3. The van der Waals surface area contributed by atoms with Crippen LogP contribution in [0, 0.1) is 0 Å². The molecule has 1 atom stereocenters. The van der Waals surface area contributed by atoms with Crippen molar-refractivity contribution in [1.29, 1.82) is 0 Å². The number of carbonyl (C=O) groups is 1. The molecule has 0 radical (unpaired) electrons. The Morgan fingerprint density at radius 3 is 2.22 bits per heavy atom.